The molecule has 0 amide bonds. The van der Waals surface area contributed by atoms with Crippen LogP contribution >= 0.6 is 0 Å². The zero-order valence-electron chi connectivity index (χ0n) is 15.9. The smallest absolute Gasteiger partial charge is 0.218 e. The van der Waals surface area contributed by atoms with Crippen LogP contribution in [0.25, 0.3) is 6.08 Å². The third kappa shape index (κ3) is 5.07. The van der Waals surface area contributed by atoms with Crippen molar-refractivity contribution in [2.45, 2.75) is 36.9 Å². The minimum Gasteiger partial charge on any atom is -0.218 e. The molecule has 0 N–H and O–H groups in total. The maximum Gasteiger partial charge on any atom is 0.435 e. The highest BCUT2D eigenvalue weighted by Gasteiger charge is 2.73. The van der Waals surface area contributed by atoms with E-state index in [1.54, 1.807) is 24.3 Å². The Morgan fingerprint density at radius 3 is 1.68 bits per heavy atom. The van der Waals surface area contributed by atoms with Gasteiger partial charge in [0.05, 0.1) is 5.56 Å². The van der Waals surface area contributed by atoms with Gasteiger partial charge in [0.2, 0.25) is 0 Å². The quantitative estimate of drug-likeness (QED) is 0.358. The Morgan fingerprint density at radius 2 is 1.26 bits per heavy atom. The Bertz CT molecular complexity index is 909. The van der Waals surface area contributed by atoms with Gasteiger partial charge in [-0.3, -0.25) is 0 Å². The Labute approximate surface area is 171 Å². The number of hydrogen-bond acceptors (Lipinski definition) is 0. The lowest BCUT2D eigenvalue weighted by Gasteiger charge is -2.31. The highest BCUT2D eigenvalue weighted by atomic mass is 19.4. The zero-order chi connectivity index (χ0) is 23.8. The van der Waals surface area contributed by atoms with Crippen molar-refractivity contribution in [1.82, 2.24) is 0 Å². The van der Waals surface area contributed by atoms with E-state index in [1.807, 2.05) is 0 Å². The summed E-state index contributed by atoms with van der Waals surface area (Å²) in [4.78, 5) is 0. The van der Waals surface area contributed by atoms with Crippen LogP contribution in [0.2, 0.25) is 0 Å². The monoisotopic (exact) mass is 456 g/mol. The number of hydrogen-bond donors (Lipinski definition) is 0. The number of halogens is 10. The van der Waals surface area contributed by atoms with Crippen LogP contribution in [0.3, 0.4) is 0 Å². The summed E-state index contributed by atoms with van der Waals surface area (Å²) in [6.45, 7) is 4.87. The summed E-state index contributed by atoms with van der Waals surface area (Å²) in [7, 11) is -0.00447. The summed E-state index contributed by atoms with van der Waals surface area (Å²) in [6.07, 6.45) is -16.8. The predicted octanol–water partition coefficient (Wildman–Crippen LogP) is 6.46. The molecule has 0 radical (unpaired) electrons. The van der Waals surface area contributed by atoms with Crippen molar-refractivity contribution in [2.24, 2.45) is 0 Å². The number of alkyl halides is 10. The van der Waals surface area contributed by atoms with E-state index in [-0.39, 0.29) is 13.3 Å². The summed E-state index contributed by atoms with van der Waals surface area (Å²) in [5, 5.41) is 0. The highest BCUT2D eigenvalue weighted by molar-refractivity contribution is 6.54. The molecule has 0 spiro atoms. The standard InChI is InChI=1S/C20H15BF10/c1-3-12-4-6-16(7-5-12)21-11(2)13-8-14(10-15(9-13)18(23,24)25)17(22,19(26,27)28)20(29,30)31/h3-11,21H,1H2,2H3. The summed E-state index contributed by atoms with van der Waals surface area (Å²) in [5.74, 6) is -0.943. The van der Waals surface area contributed by atoms with E-state index in [0.717, 1.165) is 5.56 Å². The van der Waals surface area contributed by atoms with Crippen LogP contribution in [0.15, 0.2) is 49.0 Å². The van der Waals surface area contributed by atoms with Gasteiger partial charge >= 0.3 is 24.2 Å². The van der Waals surface area contributed by atoms with Crippen LogP contribution in [0.1, 0.15) is 35.0 Å². The van der Waals surface area contributed by atoms with Gasteiger partial charge in [-0.15, -0.1) is 0 Å². The molecule has 2 rings (SSSR count). The van der Waals surface area contributed by atoms with Crippen molar-refractivity contribution in [3.63, 3.8) is 0 Å². The van der Waals surface area contributed by atoms with Gasteiger partial charge in [-0.1, -0.05) is 60.9 Å². The van der Waals surface area contributed by atoms with Crippen molar-refractivity contribution in [1.29, 1.82) is 0 Å². The lowest BCUT2D eigenvalue weighted by molar-refractivity contribution is -0.348. The summed E-state index contributed by atoms with van der Waals surface area (Å²) in [6, 6.07) is 6.62. The Hall–Kier alpha value is -2.46. The van der Waals surface area contributed by atoms with Crippen molar-refractivity contribution in [3.8, 4) is 0 Å². The maximum absolute atomic E-state index is 14.4. The van der Waals surface area contributed by atoms with Crippen LogP contribution in [-0.4, -0.2) is 19.6 Å². The molecule has 0 aromatic heterocycles. The second-order valence-corrected chi connectivity index (χ2v) is 7.05. The van der Waals surface area contributed by atoms with Gasteiger partial charge in [-0.2, -0.15) is 39.5 Å². The first-order valence-corrected chi connectivity index (χ1v) is 8.77. The van der Waals surface area contributed by atoms with Gasteiger partial charge < -0.3 is 0 Å². The van der Waals surface area contributed by atoms with Gasteiger partial charge in [-0.25, -0.2) is 4.39 Å². The SMILES string of the molecule is C=Cc1ccc(BC(C)c2cc(C(F)(F)F)cc(C(F)(C(F)(F)F)C(F)(F)F)c2)cc1. The first-order valence-electron chi connectivity index (χ1n) is 8.77. The van der Waals surface area contributed by atoms with Crippen molar-refractivity contribution < 1.29 is 43.9 Å². The fourth-order valence-corrected chi connectivity index (χ4v) is 3.05. The van der Waals surface area contributed by atoms with E-state index in [2.05, 4.69) is 6.58 Å². The molecule has 11 heteroatoms. The minimum absolute atomic E-state index is 0.00447. The molecule has 168 valence electrons. The third-order valence-corrected chi connectivity index (χ3v) is 4.79. The highest BCUT2D eigenvalue weighted by Crippen LogP contribution is 2.54. The van der Waals surface area contributed by atoms with E-state index in [0.29, 0.717) is 11.5 Å². The molecule has 0 aliphatic carbocycles. The van der Waals surface area contributed by atoms with Crippen LogP contribution < -0.4 is 5.46 Å². The lowest BCUT2D eigenvalue weighted by Crippen LogP contribution is -2.50. The Kier molecular flexibility index (Phi) is 6.59. The van der Waals surface area contributed by atoms with Crippen LogP contribution in [0.4, 0.5) is 43.9 Å². The molecule has 0 nitrogen and oxygen atoms in total. The van der Waals surface area contributed by atoms with Gasteiger partial charge in [0, 0.05) is 5.56 Å². The third-order valence-electron chi connectivity index (χ3n) is 4.79. The molecule has 2 aromatic carbocycles. The summed E-state index contributed by atoms with van der Waals surface area (Å²) in [5.41, 5.74) is -9.13. The van der Waals surface area contributed by atoms with E-state index in [1.165, 1.54) is 13.0 Å². The molecular formula is C20H15BF10. The summed E-state index contributed by atoms with van der Waals surface area (Å²) < 4.78 is 133. The number of rotatable bonds is 5. The molecule has 0 fully saturated rings. The normalized spacial score (nSPS) is 14.3. The van der Waals surface area contributed by atoms with Crippen LogP contribution in [0.5, 0.6) is 0 Å². The molecule has 0 aliphatic heterocycles. The van der Waals surface area contributed by atoms with Gasteiger partial charge in [-0.05, 0) is 23.5 Å². The van der Waals surface area contributed by atoms with E-state index >= 15 is 0 Å². The van der Waals surface area contributed by atoms with Crippen molar-refractivity contribution in [3.05, 3.63) is 71.3 Å². The van der Waals surface area contributed by atoms with E-state index in [4.69, 9.17) is 0 Å². The average Bonchev–Trinajstić information content (AvgIpc) is 2.65. The van der Waals surface area contributed by atoms with Crippen molar-refractivity contribution >= 4 is 18.8 Å². The molecule has 31 heavy (non-hydrogen) atoms. The maximum atomic E-state index is 14.4. The van der Waals surface area contributed by atoms with E-state index in [9.17, 15) is 43.9 Å². The average molecular weight is 456 g/mol. The molecule has 2 aromatic rings. The first kappa shape index (κ1) is 24.8. The predicted molar refractivity (Wildman–Crippen MR) is 98.1 cm³/mol. The second kappa shape index (κ2) is 8.24. The van der Waals surface area contributed by atoms with Gasteiger partial charge in [0.1, 0.15) is 0 Å². The fourth-order valence-electron chi connectivity index (χ4n) is 3.05. The minimum atomic E-state index is -6.52. The second-order valence-electron chi connectivity index (χ2n) is 7.05. The molecule has 1 unspecified atom stereocenters. The molecule has 0 heterocycles. The zero-order valence-corrected chi connectivity index (χ0v) is 15.9. The largest absolute Gasteiger partial charge is 0.435 e. The molecule has 0 saturated heterocycles. The molecule has 0 bridgehead atoms. The molecule has 0 saturated carbocycles. The van der Waals surface area contributed by atoms with Gasteiger partial charge in [0.25, 0.3) is 0 Å². The van der Waals surface area contributed by atoms with Gasteiger partial charge in [0.15, 0.2) is 7.28 Å². The molecular weight excluding hydrogens is 441 g/mol. The Morgan fingerprint density at radius 1 is 0.774 bits per heavy atom. The van der Waals surface area contributed by atoms with Crippen molar-refractivity contribution in [2.75, 3.05) is 0 Å². The van der Waals surface area contributed by atoms with Crippen LogP contribution in [-0.2, 0) is 11.8 Å². The van der Waals surface area contributed by atoms with E-state index < -0.39 is 52.8 Å². The number of benzene rings is 2. The fraction of sp³-hybridized carbons (Fsp3) is 0.300. The van der Waals surface area contributed by atoms with Crippen LogP contribution in [0, 0.1) is 0 Å². The Balaban J connectivity index is 2.61. The molecule has 1 atom stereocenters. The summed E-state index contributed by atoms with van der Waals surface area (Å²) >= 11 is 0. The topological polar surface area (TPSA) is 0 Å². The lowest BCUT2D eigenvalue weighted by atomic mass is 9.57. The molecule has 0 aliphatic rings. The first-order chi connectivity index (χ1) is 14.0.